The molecule has 0 saturated carbocycles. The molecule has 0 bridgehead atoms. The summed E-state index contributed by atoms with van der Waals surface area (Å²) in [6.07, 6.45) is 0. The average Bonchev–Trinajstić information content (AvgIpc) is 2.88. The van der Waals surface area contributed by atoms with Crippen LogP contribution in [-0.2, 0) is 4.79 Å². The van der Waals surface area contributed by atoms with Gasteiger partial charge in [-0.1, -0.05) is 24.3 Å². The third-order valence-corrected chi connectivity index (χ3v) is 3.48. The van der Waals surface area contributed by atoms with Gasteiger partial charge in [0.15, 0.2) is 6.04 Å². The molecule has 0 aliphatic carbocycles. The van der Waals surface area contributed by atoms with E-state index in [1.54, 1.807) is 31.2 Å². The van der Waals surface area contributed by atoms with E-state index in [2.05, 4.69) is 15.3 Å². The minimum absolute atomic E-state index is 0.112. The van der Waals surface area contributed by atoms with Crippen LogP contribution in [0.2, 0.25) is 0 Å². The van der Waals surface area contributed by atoms with Crippen molar-refractivity contribution in [1.82, 2.24) is 0 Å². The Labute approximate surface area is 137 Å². The van der Waals surface area contributed by atoms with Crippen molar-refractivity contribution in [2.75, 3.05) is 5.01 Å². The first-order valence-corrected chi connectivity index (χ1v) is 7.24. The SMILES string of the molecule is CC1=NN(c2ccccc2)C(=O)C1N=Nc1cccc(C(=O)O)c1. The number of rotatable bonds is 4. The van der Waals surface area contributed by atoms with Crippen LogP contribution in [0.25, 0.3) is 0 Å². The standard InChI is InChI=1S/C17H14N4O3/c1-11-15(16(22)21(20-11)14-8-3-2-4-9-14)19-18-13-7-5-6-12(10-13)17(23)24/h2-10,15H,1H3,(H,23,24). The molecule has 2 aromatic rings. The highest BCUT2D eigenvalue weighted by Crippen LogP contribution is 2.23. The van der Waals surface area contributed by atoms with E-state index in [4.69, 9.17) is 5.11 Å². The molecule has 120 valence electrons. The van der Waals surface area contributed by atoms with Crippen LogP contribution in [0.5, 0.6) is 0 Å². The maximum atomic E-state index is 12.5. The van der Waals surface area contributed by atoms with Crippen molar-refractivity contribution in [3.05, 3.63) is 60.2 Å². The number of hydrogen-bond donors (Lipinski definition) is 1. The van der Waals surface area contributed by atoms with Gasteiger partial charge in [0.25, 0.3) is 5.91 Å². The van der Waals surface area contributed by atoms with Gasteiger partial charge >= 0.3 is 5.97 Å². The lowest BCUT2D eigenvalue weighted by Gasteiger charge is -2.11. The lowest BCUT2D eigenvalue weighted by Crippen LogP contribution is -2.29. The Hall–Kier alpha value is -3.35. The molecule has 0 fully saturated rings. The molecule has 24 heavy (non-hydrogen) atoms. The highest BCUT2D eigenvalue weighted by atomic mass is 16.4. The molecule has 1 aliphatic rings. The second kappa shape index (κ2) is 6.41. The summed E-state index contributed by atoms with van der Waals surface area (Å²) in [5.41, 5.74) is 1.67. The van der Waals surface area contributed by atoms with Crippen LogP contribution in [0, 0.1) is 0 Å². The molecule has 0 radical (unpaired) electrons. The number of amides is 1. The summed E-state index contributed by atoms with van der Waals surface area (Å²) in [5, 5.41) is 22.5. The Bertz CT molecular complexity index is 846. The monoisotopic (exact) mass is 322 g/mol. The molecule has 1 unspecified atom stereocenters. The van der Waals surface area contributed by atoms with E-state index in [-0.39, 0.29) is 11.5 Å². The van der Waals surface area contributed by atoms with Crippen LogP contribution in [0.4, 0.5) is 11.4 Å². The Morgan fingerprint density at radius 3 is 2.62 bits per heavy atom. The number of nitrogens with zero attached hydrogens (tertiary/aromatic N) is 4. The van der Waals surface area contributed by atoms with Gasteiger partial charge in [-0.3, -0.25) is 4.79 Å². The minimum atomic E-state index is -1.04. The van der Waals surface area contributed by atoms with Crippen molar-refractivity contribution in [2.45, 2.75) is 13.0 Å². The van der Waals surface area contributed by atoms with Gasteiger partial charge in [0.05, 0.1) is 22.6 Å². The van der Waals surface area contributed by atoms with Crippen LogP contribution in [0.15, 0.2) is 69.9 Å². The largest absolute Gasteiger partial charge is 0.478 e. The number of anilines is 1. The van der Waals surface area contributed by atoms with Crippen LogP contribution in [0.3, 0.4) is 0 Å². The number of benzene rings is 2. The predicted molar refractivity (Wildman–Crippen MR) is 88.7 cm³/mol. The Balaban J connectivity index is 1.81. The lowest BCUT2D eigenvalue weighted by atomic mass is 10.2. The summed E-state index contributed by atoms with van der Waals surface area (Å²) in [7, 11) is 0. The van der Waals surface area contributed by atoms with Crippen LogP contribution >= 0.6 is 0 Å². The molecular formula is C17H14N4O3. The summed E-state index contributed by atoms with van der Waals surface area (Å²) < 4.78 is 0. The molecule has 1 amide bonds. The molecule has 0 saturated heterocycles. The van der Waals surface area contributed by atoms with Crippen molar-refractivity contribution in [1.29, 1.82) is 0 Å². The van der Waals surface area contributed by atoms with E-state index >= 15 is 0 Å². The maximum Gasteiger partial charge on any atom is 0.335 e. The van der Waals surface area contributed by atoms with Crippen molar-refractivity contribution >= 4 is 29.0 Å². The Morgan fingerprint density at radius 1 is 1.17 bits per heavy atom. The molecule has 0 spiro atoms. The van der Waals surface area contributed by atoms with Crippen molar-refractivity contribution in [3.63, 3.8) is 0 Å². The van der Waals surface area contributed by atoms with Crippen molar-refractivity contribution in [2.24, 2.45) is 15.3 Å². The van der Waals surface area contributed by atoms with E-state index in [1.807, 2.05) is 18.2 Å². The number of carbonyl (C=O) groups is 2. The lowest BCUT2D eigenvalue weighted by molar-refractivity contribution is -0.117. The molecule has 7 nitrogen and oxygen atoms in total. The van der Waals surface area contributed by atoms with Gasteiger partial charge in [0.2, 0.25) is 0 Å². The molecule has 1 heterocycles. The van der Waals surface area contributed by atoms with E-state index in [9.17, 15) is 9.59 Å². The topological polar surface area (TPSA) is 94.7 Å². The zero-order valence-corrected chi connectivity index (χ0v) is 12.8. The summed E-state index contributed by atoms with van der Waals surface area (Å²) in [5.74, 6) is -1.34. The van der Waals surface area contributed by atoms with Crippen molar-refractivity contribution in [3.8, 4) is 0 Å². The third-order valence-electron chi connectivity index (χ3n) is 3.48. The van der Waals surface area contributed by atoms with Gasteiger partial charge < -0.3 is 5.11 Å². The van der Waals surface area contributed by atoms with Crippen molar-refractivity contribution < 1.29 is 14.7 Å². The smallest absolute Gasteiger partial charge is 0.335 e. The molecule has 1 atom stereocenters. The first-order chi connectivity index (χ1) is 11.6. The minimum Gasteiger partial charge on any atom is -0.478 e. The fourth-order valence-corrected chi connectivity index (χ4v) is 2.27. The van der Waals surface area contributed by atoms with Crippen LogP contribution in [0.1, 0.15) is 17.3 Å². The van der Waals surface area contributed by atoms with Crippen LogP contribution < -0.4 is 5.01 Å². The number of carboxylic acid groups (broad SMARTS) is 1. The van der Waals surface area contributed by atoms with Gasteiger partial charge in [-0.05, 0) is 37.3 Å². The second-order valence-electron chi connectivity index (χ2n) is 5.20. The quantitative estimate of drug-likeness (QED) is 0.875. The van der Waals surface area contributed by atoms with Crippen LogP contribution in [-0.4, -0.2) is 28.7 Å². The van der Waals surface area contributed by atoms with Gasteiger partial charge in [0.1, 0.15) is 0 Å². The fraction of sp³-hybridized carbons (Fsp3) is 0.118. The number of azo groups is 1. The van der Waals surface area contributed by atoms with E-state index in [1.165, 1.54) is 17.1 Å². The Kier molecular flexibility index (Phi) is 4.15. The number of para-hydroxylation sites is 1. The fourth-order valence-electron chi connectivity index (χ4n) is 2.27. The first kappa shape index (κ1) is 15.5. The van der Waals surface area contributed by atoms with E-state index < -0.39 is 12.0 Å². The summed E-state index contributed by atoms with van der Waals surface area (Å²) >= 11 is 0. The molecule has 2 aromatic carbocycles. The van der Waals surface area contributed by atoms with Gasteiger partial charge in [-0.2, -0.15) is 20.3 Å². The number of carboxylic acids is 1. The second-order valence-corrected chi connectivity index (χ2v) is 5.20. The number of carbonyl (C=O) groups excluding carboxylic acids is 1. The first-order valence-electron chi connectivity index (χ1n) is 7.24. The zero-order valence-electron chi connectivity index (χ0n) is 12.8. The zero-order chi connectivity index (χ0) is 17.1. The summed E-state index contributed by atoms with van der Waals surface area (Å²) in [6, 6.07) is 14.3. The normalized spacial score (nSPS) is 17.4. The third kappa shape index (κ3) is 3.05. The summed E-state index contributed by atoms with van der Waals surface area (Å²) in [4.78, 5) is 23.4. The molecule has 3 rings (SSSR count). The van der Waals surface area contributed by atoms with Gasteiger partial charge in [-0.15, -0.1) is 0 Å². The molecule has 1 aliphatic heterocycles. The van der Waals surface area contributed by atoms with E-state index in [0.717, 1.165) is 0 Å². The molecular weight excluding hydrogens is 308 g/mol. The number of aromatic carboxylic acids is 1. The predicted octanol–water partition coefficient (Wildman–Crippen LogP) is 3.26. The molecule has 1 N–H and O–H groups in total. The average molecular weight is 322 g/mol. The summed E-state index contributed by atoms with van der Waals surface area (Å²) in [6.45, 7) is 1.71. The van der Waals surface area contributed by atoms with E-state index in [0.29, 0.717) is 17.1 Å². The highest BCUT2D eigenvalue weighted by Gasteiger charge is 2.34. The Morgan fingerprint density at radius 2 is 1.92 bits per heavy atom. The van der Waals surface area contributed by atoms with Gasteiger partial charge in [0, 0.05) is 0 Å². The number of hydrazone groups is 1. The molecule has 0 aromatic heterocycles. The highest BCUT2D eigenvalue weighted by molar-refractivity contribution is 6.18. The maximum absolute atomic E-state index is 12.5. The molecule has 7 heteroatoms. The number of hydrogen-bond acceptors (Lipinski definition) is 5. The van der Waals surface area contributed by atoms with Gasteiger partial charge in [-0.25, -0.2) is 4.79 Å².